The molecular formula is C19H24N4OS. The molecule has 5 nitrogen and oxygen atoms in total. The molecule has 0 aliphatic carbocycles. The highest BCUT2D eigenvalue weighted by atomic mass is 32.1. The normalized spacial score (nSPS) is 20.9. The Balaban J connectivity index is 1.38. The van der Waals surface area contributed by atoms with E-state index in [2.05, 4.69) is 50.8 Å². The first kappa shape index (κ1) is 16.7. The quantitative estimate of drug-likeness (QED) is 0.884. The van der Waals surface area contributed by atoms with Crippen LogP contribution in [-0.2, 0) is 24.3 Å². The van der Waals surface area contributed by atoms with Crippen molar-refractivity contribution in [3.05, 3.63) is 46.5 Å². The molecule has 1 atom stereocenters. The van der Waals surface area contributed by atoms with Gasteiger partial charge in [0.2, 0.25) is 5.91 Å². The Morgan fingerprint density at radius 2 is 2.24 bits per heavy atom. The summed E-state index contributed by atoms with van der Waals surface area (Å²) < 4.78 is 0. The lowest BCUT2D eigenvalue weighted by Gasteiger charge is -2.25. The number of carbonyl (C=O) groups is 1. The van der Waals surface area contributed by atoms with Crippen molar-refractivity contribution in [1.82, 2.24) is 15.2 Å². The van der Waals surface area contributed by atoms with Gasteiger partial charge in [-0.15, -0.1) is 11.3 Å². The zero-order valence-electron chi connectivity index (χ0n) is 14.3. The summed E-state index contributed by atoms with van der Waals surface area (Å²) in [5.74, 6) is 0.184. The van der Waals surface area contributed by atoms with Crippen molar-refractivity contribution in [2.24, 2.45) is 5.92 Å². The summed E-state index contributed by atoms with van der Waals surface area (Å²) in [6.07, 6.45) is 3.00. The summed E-state index contributed by atoms with van der Waals surface area (Å²) in [5.41, 5.74) is 2.50. The van der Waals surface area contributed by atoms with Gasteiger partial charge < -0.3 is 10.6 Å². The molecule has 2 aromatic rings. The number of rotatable bonds is 4. The van der Waals surface area contributed by atoms with E-state index >= 15 is 0 Å². The average molecular weight is 356 g/mol. The summed E-state index contributed by atoms with van der Waals surface area (Å²) in [5, 5.41) is 7.10. The summed E-state index contributed by atoms with van der Waals surface area (Å²) in [6, 6.07) is 10.6. The molecule has 3 heterocycles. The third kappa shape index (κ3) is 4.08. The Bertz CT molecular complexity index is 724. The van der Waals surface area contributed by atoms with Gasteiger partial charge in [0, 0.05) is 37.5 Å². The van der Waals surface area contributed by atoms with Gasteiger partial charge in [0.05, 0.1) is 11.6 Å². The molecule has 2 N–H and O–H groups in total. The highest BCUT2D eigenvalue weighted by molar-refractivity contribution is 7.15. The van der Waals surface area contributed by atoms with Crippen LogP contribution >= 0.6 is 11.3 Å². The van der Waals surface area contributed by atoms with Crippen LogP contribution in [0, 0.1) is 5.92 Å². The predicted octanol–water partition coefficient (Wildman–Crippen LogP) is 2.64. The maximum atomic E-state index is 12.4. The summed E-state index contributed by atoms with van der Waals surface area (Å²) in [7, 11) is 0. The number of nitrogens with zero attached hydrogens (tertiary/aromatic N) is 2. The first-order valence-corrected chi connectivity index (χ1v) is 9.86. The number of thiazole rings is 1. The van der Waals surface area contributed by atoms with Crippen LogP contribution in [0.5, 0.6) is 0 Å². The minimum Gasteiger partial charge on any atom is -0.316 e. The van der Waals surface area contributed by atoms with E-state index in [0.29, 0.717) is 0 Å². The largest absolute Gasteiger partial charge is 0.316 e. The van der Waals surface area contributed by atoms with Crippen molar-refractivity contribution in [1.29, 1.82) is 0 Å². The molecule has 2 aliphatic heterocycles. The smallest absolute Gasteiger partial charge is 0.230 e. The van der Waals surface area contributed by atoms with Gasteiger partial charge in [0.25, 0.3) is 0 Å². The molecule has 1 amide bonds. The first-order chi connectivity index (χ1) is 12.3. The van der Waals surface area contributed by atoms with Gasteiger partial charge >= 0.3 is 0 Å². The van der Waals surface area contributed by atoms with Crippen molar-refractivity contribution in [3.63, 3.8) is 0 Å². The molecule has 0 radical (unpaired) electrons. The zero-order valence-corrected chi connectivity index (χ0v) is 15.1. The SMILES string of the molecule is O=C(Nc1nc2c(s1)CN(Cc1ccccc1)CC2)C1CCCNC1. The van der Waals surface area contributed by atoms with E-state index in [4.69, 9.17) is 0 Å². The van der Waals surface area contributed by atoms with Crippen molar-refractivity contribution >= 4 is 22.4 Å². The fourth-order valence-electron chi connectivity index (χ4n) is 3.56. The number of nitrogens with one attached hydrogen (secondary N) is 2. The molecule has 1 saturated heterocycles. The number of anilines is 1. The Labute approximate surface area is 152 Å². The van der Waals surface area contributed by atoms with Gasteiger partial charge in [0.1, 0.15) is 0 Å². The summed E-state index contributed by atoms with van der Waals surface area (Å²) in [6.45, 7) is 4.70. The summed E-state index contributed by atoms with van der Waals surface area (Å²) in [4.78, 5) is 20.8. The van der Waals surface area contributed by atoms with Crippen LogP contribution in [0.15, 0.2) is 30.3 Å². The molecule has 1 aromatic carbocycles. The van der Waals surface area contributed by atoms with Gasteiger partial charge in [-0.1, -0.05) is 30.3 Å². The van der Waals surface area contributed by atoms with E-state index < -0.39 is 0 Å². The van der Waals surface area contributed by atoms with Gasteiger partial charge in [-0.2, -0.15) is 0 Å². The molecule has 0 saturated carbocycles. The monoisotopic (exact) mass is 356 g/mol. The Hall–Kier alpha value is -1.76. The van der Waals surface area contributed by atoms with Crippen LogP contribution in [0.25, 0.3) is 0 Å². The number of carbonyl (C=O) groups excluding carboxylic acids is 1. The standard InChI is InChI=1S/C19H24N4OS/c24-18(15-7-4-9-20-11-15)22-19-21-16-8-10-23(13-17(16)25-19)12-14-5-2-1-3-6-14/h1-3,5-6,15,20H,4,7-13H2,(H,21,22,24). The number of amides is 1. The molecule has 1 aromatic heterocycles. The second-order valence-electron chi connectivity index (χ2n) is 6.87. The maximum absolute atomic E-state index is 12.4. The third-order valence-electron chi connectivity index (χ3n) is 4.96. The topological polar surface area (TPSA) is 57.3 Å². The lowest BCUT2D eigenvalue weighted by molar-refractivity contribution is -0.120. The van der Waals surface area contributed by atoms with Crippen LogP contribution in [0.1, 0.15) is 29.0 Å². The molecule has 132 valence electrons. The molecule has 1 unspecified atom stereocenters. The van der Waals surface area contributed by atoms with Gasteiger partial charge in [-0.05, 0) is 24.9 Å². The predicted molar refractivity (Wildman–Crippen MR) is 101 cm³/mol. The first-order valence-electron chi connectivity index (χ1n) is 9.04. The van der Waals surface area contributed by atoms with Crippen LogP contribution in [0.4, 0.5) is 5.13 Å². The highest BCUT2D eigenvalue weighted by Crippen LogP contribution is 2.29. The van der Waals surface area contributed by atoms with Gasteiger partial charge in [0.15, 0.2) is 5.13 Å². The number of piperidine rings is 1. The number of fused-ring (bicyclic) bond motifs is 1. The number of aromatic nitrogens is 1. The number of hydrogen-bond donors (Lipinski definition) is 2. The highest BCUT2D eigenvalue weighted by Gasteiger charge is 2.24. The molecule has 25 heavy (non-hydrogen) atoms. The van der Waals surface area contributed by atoms with E-state index in [1.54, 1.807) is 11.3 Å². The minimum atomic E-state index is 0.0734. The second-order valence-corrected chi connectivity index (χ2v) is 7.95. The van der Waals surface area contributed by atoms with E-state index in [9.17, 15) is 4.79 Å². The molecule has 2 aliphatic rings. The number of hydrogen-bond acceptors (Lipinski definition) is 5. The Morgan fingerprint density at radius 3 is 3.04 bits per heavy atom. The van der Waals surface area contributed by atoms with Crippen LogP contribution in [0.2, 0.25) is 0 Å². The van der Waals surface area contributed by atoms with E-state index in [1.807, 2.05) is 0 Å². The lowest BCUT2D eigenvalue weighted by Crippen LogP contribution is -2.37. The van der Waals surface area contributed by atoms with Gasteiger partial charge in [-0.25, -0.2) is 4.98 Å². The van der Waals surface area contributed by atoms with Crippen LogP contribution in [0.3, 0.4) is 0 Å². The molecular weight excluding hydrogens is 332 g/mol. The second kappa shape index (κ2) is 7.64. The molecule has 1 fully saturated rings. The average Bonchev–Trinajstić information content (AvgIpc) is 3.05. The Kier molecular flexibility index (Phi) is 5.10. The van der Waals surface area contributed by atoms with E-state index in [1.165, 1.54) is 10.4 Å². The van der Waals surface area contributed by atoms with Crippen molar-refractivity contribution in [2.45, 2.75) is 32.4 Å². The lowest BCUT2D eigenvalue weighted by atomic mass is 9.99. The summed E-state index contributed by atoms with van der Waals surface area (Å²) >= 11 is 1.64. The van der Waals surface area contributed by atoms with Crippen LogP contribution in [-0.4, -0.2) is 35.4 Å². The fraction of sp³-hybridized carbons (Fsp3) is 0.474. The van der Waals surface area contributed by atoms with Crippen molar-refractivity contribution in [3.8, 4) is 0 Å². The van der Waals surface area contributed by atoms with Crippen LogP contribution < -0.4 is 10.6 Å². The molecule has 6 heteroatoms. The Morgan fingerprint density at radius 1 is 1.36 bits per heavy atom. The molecule has 0 spiro atoms. The minimum absolute atomic E-state index is 0.0734. The zero-order chi connectivity index (χ0) is 17.1. The van der Waals surface area contributed by atoms with E-state index in [0.717, 1.165) is 62.8 Å². The van der Waals surface area contributed by atoms with E-state index in [-0.39, 0.29) is 11.8 Å². The van der Waals surface area contributed by atoms with Crippen molar-refractivity contribution < 1.29 is 4.79 Å². The molecule has 0 bridgehead atoms. The molecule has 4 rings (SSSR count). The van der Waals surface area contributed by atoms with Crippen molar-refractivity contribution in [2.75, 3.05) is 25.0 Å². The third-order valence-corrected chi connectivity index (χ3v) is 5.95. The fourth-order valence-corrected chi connectivity index (χ4v) is 4.61. The number of benzene rings is 1. The maximum Gasteiger partial charge on any atom is 0.230 e. The van der Waals surface area contributed by atoms with Gasteiger partial charge in [-0.3, -0.25) is 9.69 Å².